The molecule has 0 saturated carbocycles. The molecule has 0 atom stereocenters. The Labute approximate surface area is 121 Å². The maximum Gasteiger partial charge on any atom is 0.417 e. The van der Waals surface area contributed by atoms with Crippen LogP contribution in [-0.4, -0.2) is 14.5 Å². The molecule has 114 valence electrons. The van der Waals surface area contributed by atoms with E-state index in [1.807, 2.05) is 4.98 Å². The van der Waals surface area contributed by atoms with Crippen LogP contribution in [0.15, 0.2) is 40.1 Å². The van der Waals surface area contributed by atoms with E-state index in [0.29, 0.717) is 5.69 Å². The van der Waals surface area contributed by atoms with Crippen LogP contribution < -0.4 is 11.2 Å². The lowest BCUT2D eigenvalue weighted by Crippen LogP contribution is -2.22. The molecule has 0 amide bonds. The van der Waals surface area contributed by atoms with Crippen molar-refractivity contribution in [2.75, 3.05) is 0 Å². The average Bonchev–Trinajstić information content (AvgIpc) is 2.82. The number of hydrogen-bond donors (Lipinski definition) is 2. The molecular weight excluding hydrogens is 299 g/mol. The van der Waals surface area contributed by atoms with Gasteiger partial charge in [-0.25, -0.2) is 4.79 Å². The maximum atomic E-state index is 13.3. The fourth-order valence-corrected chi connectivity index (χ4v) is 2.40. The summed E-state index contributed by atoms with van der Waals surface area (Å²) in [7, 11) is 1.61. The van der Waals surface area contributed by atoms with Crippen LogP contribution in [0, 0.1) is 0 Å². The monoisotopic (exact) mass is 309 g/mol. The van der Waals surface area contributed by atoms with Gasteiger partial charge in [0.2, 0.25) is 0 Å². The Bertz CT molecular complexity index is 979. The van der Waals surface area contributed by atoms with E-state index in [9.17, 15) is 22.8 Å². The number of aromatic amines is 2. The number of halogens is 3. The van der Waals surface area contributed by atoms with Gasteiger partial charge in [0.05, 0.1) is 16.5 Å². The van der Waals surface area contributed by atoms with Gasteiger partial charge in [-0.2, -0.15) is 13.2 Å². The Morgan fingerprint density at radius 3 is 2.45 bits per heavy atom. The number of H-pyrrole nitrogens is 2. The molecular formula is C14H10F3N3O2. The first-order chi connectivity index (χ1) is 10.3. The van der Waals surface area contributed by atoms with Crippen molar-refractivity contribution in [3.63, 3.8) is 0 Å². The first kappa shape index (κ1) is 14.2. The summed E-state index contributed by atoms with van der Waals surface area (Å²) in [6.45, 7) is 0. The first-order valence-electron chi connectivity index (χ1n) is 6.26. The predicted molar refractivity (Wildman–Crippen MR) is 74.6 cm³/mol. The van der Waals surface area contributed by atoms with Gasteiger partial charge < -0.3 is 9.55 Å². The summed E-state index contributed by atoms with van der Waals surface area (Å²) in [5.41, 5.74) is -2.45. The second kappa shape index (κ2) is 4.62. The van der Waals surface area contributed by atoms with Crippen LogP contribution >= 0.6 is 0 Å². The lowest BCUT2D eigenvalue weighted by molar-refractivity contribution is -0.137. The maximum absolute atomic E-state index is 13.3. The summed E-state index contributed by atoms with van der Waals surface area (Å²) < 4.78 is 41.5. The number of aromatic nitrogens is 3. The van der Waals surface area contributed by atoms with Crippen molar-refractivity contribution in [2.45, 2.75) is 6.18 Å². The minimum absolute atomic E-state index is 0.0104. The zero-order valence-electron chi connectivity index (χ0n) is 11.3. The van der Waals surface area contributed by atoms with Crippen molar-refractivity contribution < 1.29 is 13.2 Å². The first-order valence-corrected chi connectivity index (χ1v) is 6.26. The van der Waals surface area contributed by atoms with E-state index in [1.54, 1.807) is 19.3 Å². The summed E-state index contributed by atoms with van der Waals surface area (Å²) in [6.07, 6.45) is -3.01. The molecule has 8 heteroatoms. The molecule has 0 aliphatic heterocycles. The highest BCUT2D eigenvalue weighted by Crippen LogP contribution is 2.38. The van der Waals surface area contributed by atoms with Crippen molar-refractivity contribution in [3.8, 4) is 11.3 Å². The summed E-state index contributed by atoms with van der Waals surface area (Å²) in [5.74, 6) is 0. The molecule has 0 aliphatic carbocycles. The molecule has 0 fully saturated rings. The number of benzene rings is 1. The van der Waals surface area contributed by atoms with Crippen molar-refractivity contribution in [1.29, 1.82) is 0 Å². The number of nitrogens with one attached hydrogen (secondary N) is 2. The largest absolute Gasteiger partial charge is 0.417 e. The van der Waals surface area contributed by atoms with E-state index in [-0.39, 0.29) is 16.5 Å². The van der Waals surface area contributed by atoms with Crippen molar-refractivity contribution in [3.05, 3.63) is 56.9 Å². The third-order valence-electron chi connectivity index (χ3n) is 3.40. The van der Waals surface area contributed by atoms with Crippen LogP contribution in [0.3, 0.4) is 0 Å². The molecule has 2 N–H and O–H groups in total. The Hall–Kier alpha value is -2.77. The Kier molecular flexibility index (Phi) is 2.98. The number of rotatable bonds is 1. The van der Waals surface area contributed by atoms with Crippen LogP contribution in [0.25, 0.3) is 22.2 Å². The van der Waals surface area contributed by atoms with E-state index in [0.717, 1.165) is 12.1 Å². The van der Waals surface area contributed by atoms with Gasteiger partial charge >= 0.3 is 11.9 Å². The van der Waals surface area contributed by atoms with Gasteiger partial charge in [0.1, 0.15) is 0 Å². The van der Waals surface area contributed by atoms with Gasteiger partial charge in [-0.3, -0.25) is 9.78 Å². The molecule has 2 heterocycles. The molecule has 3 rings (SSSR count). The quantitative estimate of drug-likeness (QED) is 0.724. The van der Waals surface area contributed by atoms with Crippen molar-refractivity contribution in [1.82, 2.24) is 14.5 Å². The molecule has 0 aliphatic rings. The van der Waals surface area contributed by atoms with Crippen molar-refractivity contribution in [2.24, 2.45) is 7.05 Å². The topological polar surface area (TPSA) is 70.7 Å². The van der Waals surface area contributed by atoms with Crippen LogP contribution in [0.5, 0.6) is 0 Å². The van der Waals surface area contributed by atoms with Gasteiger partial charge in [-0.05, 0) is 24.3 Å². The van der Waals surface area contributed by atoms with Crippen LogP contribution in [0.1, 0.15) is 5.56 Å². The zero-order valence-corrected chi connectivity index (χ0v) is 11.3. The normalized spacial score (nSPS) is 12.0. The highest BCUT2D eigenvalue weighted by atomic mass is 19.4. The molecule has 2 aromatic heterocycles. The van der Waals surface area contributed by atoms with E-state index in [2.05, 4.69) is 4.98 Å². The zero-order chi connectivity index (χ0) is 16.1. The predicted octanol–water partition coefficient (Wildman–Crippen LogP) is 2.24. The van der Waals surface area contributed by atoms with E-state index in [4.69, 9.17) is 0 Å². The molecule has 5 nitrogen and oxygen atoms in total. The van der Waals surface area contributed by atoms with Gasteiger partial charge in [0.25, 0.3) is 5.56 Å². The van der Waals surface area contributed by atoms with Gasteiger partial charge in [0, 0.05) is 24.5 Å². The summed E-state index contributed by atoms with van der Waals surface area (Å²) in [5, 5.41) is -0.0104. The highest BCUT2D eigenvalue weighted by molar-refractivity contribution is 5.85. The average molecular weight is 309 g/mol. The Morgan fingerprint density at radius 1 is 1.14 bits per heavy atom. The summed E-state index contributed by atoms with van der Waals surface area (Å²) >= 11 is 0. The highest BCUT2D eigenvalue weighted by Gasteiger charge is 2.35. The van der Waals surface area contributed by atoms with Crippen molar-refractivity contribution >= 4 is 10.9 Å². The molecule has 1 aromatic carbocycles. The van der Waals surface area contributed by atoms with E-state index >= 15 is 0 Å². The van der Waals surface area contributed by atoms with E-state index in [1.165, 1.54) is 10.6 Å². The van der Waals surface area contributed by atoms with Gasteiger partial charge in [-0.1, -0.05) is 0 Å². The minimum atomic E-state index is -4.62. The molecule has 0 radical (unpaired) electrons. The number of alkyl halides is 3. The minimum Gasteiger partial charge on any atom is -0.351 e. The van der Waals surface area contributed by atoms with Gasteiger partial charge in [-0.15, -0.1) is 0 Å². The van der Waals surface area contributed by atoms with Crippen LogP contribution in [0.2, 0.25) is 0 Å². The lowest BCUT2D eigenvalue weighted by atomic mass is 10.0. The van der Waals surface area contributed by atoms with E-state index < -0.39 is 23.0 Å². The van der Waals surface area contributed by atoms with Crippen LogP contribution in [-0.2, 0) is 13.2 Å². The van der Waals surface area contributed by atoms with Gasteiger partial charge in [0.15, 0.2) is 0 Å². The number of aryl methyl sites for hydroxylation is 1. The Balaban J connectivity index is 2.47. The molecule has 0 unspecified atom stereocenters. The number of fused-ring (bicyclic) bond motifs is 1. The summed E-state index contributed by atoms with van der Waals surface area (Å²) in [6, 6.07) is 5.06. The SMILES string of the molecule is Cn1cccc1-c1cc2c(=O)[nH]c(=O)[nH]c2cc1C(F)(F)F. The molecule has 22 heavy (non-hydrogen) atoms. The third kappa shape index (κ3) is 2.22. The standard InChI is InChI=1S/C14H10F3N3O2/c1-20-4-2-3-11(20)7-5-8-10(6-9(7)14(15,16)17)18-13(22)19-12(8)21/h2-6H,1H3,(H2,18,19,21,22). The summed E-state index contributed by atoms with van der Waals surface area (Å²) in [4.78, 5) is 27.3. The Morgan fingerprint density at radius 2 is 1.86 bits per heavy atom. The smallest absolute Gasteiger partial charge is 0.351 e. The fourth-order valence-electron chi connectivity index (χ4n) is 2.40. The second-order valence-electron chi connectivity index (χ2n) is 4.85. The molecule has 0 bridgehead atoms. The molecule has 3 aromatic rings. The second-order valence-corrected chi connectivity index (χ2v) is 4.85. The fraction of sp³-hybridized carbons (Fsp3) is 0.143. The third-order valence-corrected chi connectivity index (χ3v) is 3.40. The molecule has 0 spiro atoms. The van der Waals surface area contributed by atoms with Crippen LogP contribution in [0.4, 0.5) is 13.2 Å². The lowest BCUT2D eigenvalue weighted by Gasteiger charge is -2.14. The number of hydrogen-bond acceptors (Lipinski definition) is 2. The molecule has 0 saturated heterocycles. The number of nitrogens with zero attached hydrogens (tertiary/aromatic N) is 1.